The van der Waals surface area contributed by atoms with E-state index in [-0.39, 0.29) is 24.0 Å². The third-order valence-corrected chi connectivity index (χ3v) is 5.26. The second-order valence-corrected chi connectivity index (χ2v) is 6.87. The molecule has 0 amide bonds. The molecular weight excluding hydrogens is 411 g/mol. The molecule has 0 aromatic heterocycles. The van der Waals surface area contributed by atoms with Crippen molar-refractivity contribution < 1.29 is 0 Å². The lowest BCUT2D eigenvalue weighted by molar-refractivity contribution is 0.127. The second-order valence-electron chi connectivity index (χ2n) is 6.87. The van der Waals surface area contributed by atoms with E-state index in [1.165, 1.54) is 12.0 Å². The molecule has 2 fully saturated rings. The van der Waals surface area contributed by atoms with Crippen LogP contribution in [0.2, 0.25) is 0 Å². The van der Waals surface area contributed by atoms with Crippen LogP contribution in [0.5, 0.6) is 0 Å². The standard InChI is InChI=1S/C19H30N4.HI/c1-4-18(16-8-6-5-7-9-16)22-10-12-23(13-11-22)19(20-3)21-17-14-15(17)2;/h5-9,15,17-18H,4,10-14H2,1-3H3,(H,20,21);1H. The number of hydrogen-bond donors (Lipinski definition) is 1. The topological polar surface area (TPSA) is 30.9 Å². The quantitative estimate of drug-likeness (QED) is 0.441. The summed E-state index contributed by atoms with van der Waals surface area (Å²) in [6, 6.07) is 12.1. The fourth-order valence-corrected chi connectivity index (χ4v) is 3.61. The van der Waals surface area contributed by atoms with Crippen molar-refractivity contribution >= 4 is 29.9 Å². The fourth-order valence-electron chi connectivity index (χ4n) is 3.61. The number of hydrogen-bond acceptors (Lipinski definition) is 2. The van der Waals surface area contributed by atoms with Crippen molar-refractivity contribution in [2.45, 2.75) is 38.8 Å². The Morgan fingerprint density at radius 1 is 1.21 bits per heavy atom. The molecule has 1 saturated carbocycles. The van der Waals surface area contributed by atoms with Gasteiger partial charge in [0.25, 0.3) is 0 Å². The largest absolute Gasteiger partial charge is 0.353 e. The van der Waals surface area contributed by atoms with Crippen LogP contribution in [0, 0.1) is 5.92 Å². The van der Waals surface area contributed by atoms with Crippen LogP contribution < -0.4 is 5.32 Å². The summed E-state index contributed by atoms with van der Waals surface area (Å²) in [4.78, 5) is 9.53. The average Bonchev–Trinajstić information content (AvgIpc) is 3.30. The van der Waals surface area contributed by atoms with Gasteiger partial charge in [-0.2, -0.15) is 0 Å². The number of halogens is 1. The summed E-state index contributed by atoms with van der Waals surface area (Å²) in [7, 11) is 1.90. The van der Waals surface area contributed by atoms with Gasteiger partial charge in [-0.15, -0.1) is 24.0 Å². The number of nitrogens with zero attached hydrogens (tertiary/aromatic N) is 3. The Kier molecular flexibility index (Phi) is 7.34. The van der Waals surface area contributed by atoms with Gasteiger partial charge in [-0.25, -0.2) is 0 Å². The van der Waals surface area contributed by atoms with E-state index < -0.39 is 0 Å². The van der Waals surface area contributed by atoms with Crippen LogP contribution in [0.1, 0.15) is 38.3 Å². The first-order chi connectivity index (χ1) is 11.2. The van der Waals surface area contributed by atoms with Crippen molar-refractivity contribution in [1.29, 1.82) is 0 Å². The molecule has 134 valence electrons. The van der Waals surface area contributed by atoms with E-state index >= 15 is 0 Å². The first-order valence-corrected chi connectivity index (χ1v) is 9.00. The summed E-state index contributed by atoms with van der Waals surface area (Å²) in [6.45, 7) is 8.92. The molecule has 3 rings (SSSR count). The molecule has 1 saturated heterocycles. The minimum atomic E-state index is 0. The summed E-state index contributed by atoms with van der Waals surface area (Å²) in [6.07, 6.45) is 2.45. The van der Waals surface area contributed by atoms with E-state index in [0.717, 1.165) is 44.5 Å². The van der Waals surface area contributed by atoms with Gasteiger partial charge in [0.1, 0.15) is 0 Å². The molecule has 5 heteroatoms. The molecule has 1 aliphatic carbocycles. The van der Waals surface area contributed by atoms with Crippen LogP contribution in [0.3, 0.4) is 0 Å². The molecule has 1 aromatic rings. The first kappa shape index (κ1) is 19.5. The monoisotopic (exact) mass is 442 g/mol. The number of guanidine groups is 1. The molecule has 3 unspecified atom stereocenters. The zero-order chi connectivity index (χ0) is 16.2. The maximum Gasteiger partial charge on any atom is 0.193 e. The third kappa shape index (κ3) is 4.63. The van der Waals surface area contributed by atoms with Gasteiger partial charge in [0.05, 0.1) is 0 Å². The van der Waals surface area contributed by atoms with Gasteiger partial charge in [-0.3, -0.25) is 9.89 Å². The number of benzene rings is 1. The SMILES string of the molecule is CCC(c1ccccc1)N1CCN(C(=NC)NC2CC2C)CC1.I. The lowest BCUT2D eigenvalue weighted by Crippen LogP contribution is -2.53. The molecule has 0 bridgehead atoms. The van der Waals surface area contributed by atoms with E-state index in [1.807, 2.05) is 7.05 Å². The van der Waals surface area contributed by atoms with Crippen molar-refractivity contribution in [2.24, 2.45) is 10.9 Å². The summed E-state index contributed by atoms with van der Waals surface area (Å²) in [5.41, 5.74) is 1.44. The van der Waals surface area contributed by atoms with Crippen molar-refractivity contribution in [3.05, 3.63) is 35.9 Å². The molecular formula is C19H31IN4. The summed E-state index contributed by atoms with van der Waals surface area (Å²) < 4.78 is 0. The molecule has 3 atom stereocenters. The normalized spacial score (nSPS) is 25.8. The predicted octanol–water partition coefficient (Wildman–Crippen LogP) is 3.36. The lowest BCUT2D eigenvalue weighted by atomic mass is 10.0. The van der Waals surface area contributed by atoms with Crippen LogP contribution >= 0.6 is 24.0 Å². The van der Waals surface area contributed by atoms with E-state index in [9.17, 15) is 0 Å². The Bertz CT molecular complexity index is 525. The molecule has 0 spiro atoms. The van der Waals surface area contributed by atoms with Crippen molar-refractivity contribution in [3.8, 4) is 0 Å². The van der Waals surface area contributed by atoms with E-state index in [1.54, 1.807) is 0 Å². The Morgan fingerprint density at radius 2 is 1.83 bits per heavy atom. The zero-order valence-corrected chi connectivity index (χ0v) is 17.4. The van der Waals surface area contributed by atoms with Gasteiger partial charge in [0, 0.05) is 45.3 Å². The average molecular weight is 442 g/mol. The smallest absolute Gasteiger partial charge is 0.193 e. The highest BCUT2D eigenvalue weighted by Gasteiger charge is 2.34. The molecule has 0 radical (unpaired) electrons. The number of aliphatic imine (C=N–C) groups is 1. The van der Waals surface area contributed by atoms with Crippen LogP contribution in [0.25, 0.3) is 0 Å². The van der Waals surface area contributed by atoms with Crippen molar-refractivity contribution in [1.82, 2.24) is 15.1 Å². The second kappa shape index (κ2) is 9.04. The van der Waals surface area contributed by atoms with Crippen LogP contribution in [0.4, 0.5) is 0 Å². The Morgan fingerprint density at radius 3 is 2.33 bits per heavy atom. The maximum atomic E-state index is 4.49. The van der Waals surface area contributed by atoms with Crippen molar-refractivity contribution in [3.63, 3.8) is 0 Å². The number of nitrogens with one attached hydrogen (secondary N) is 1. The van der Waals surface area contributed by atoms with Gasteiger partial charge >= 0.3 is 0 Å². The third-order valence-electron chi connectivity index (χ3n) is 5.26. The van der Waals surface area contributed by atoms with Crippen LogP contribution in [-0.4, -0.2) is 55.0 Å². The van der Waals surface area contributed by atoms with Gasteiger partial charge < -0.3 is 10.2 Å². The summed E-state index contributed by atoms with van der Waals surface area (Å²) in [5, 5.41) is 3.61. The van der Waals surface area contributed by atoms with Crippen LogP contribution in [-0.2, 0) is 0 Å². The van der Waals surface area contributed by atoms with Gasteiger partial charge in [0.2, 0.25) is 0 Å². The highest BCUT2D eigenvalue weighted by Crippen LogP contribution is 2.29. The highest BCUT2D eigenvalue weighted by atomic mass is 127. The molecule has 1 heterocycles. The van der Waals surface area contributed by atoms with Crippen LogP contribution in [0.15, 0.2) is 35.3 Å². The minimum absolute atomic E-state index is 0. The van der Waals surface area contributed by atoms with Gasteiger partial charge in [0.15, 0.2) is 5.96 Å². The molecule has 1 aliphatic heterocycles. The summed E-state index contributed by atoms with van der Waals surface area (Å²) >= 11 is 0. The summed E-state index contributed by atoms with van der Waals surface area (Å²) in [5.74, 6) is 1.89. The lowest BCUT2D eigenvalue weighted by Gasteiger charge is -2.40. The molecule has 2 aliphatic rings. The maximum absolute atomic E-state index is 4.49. The Hall–Kier alpha value is -0.820. The molecule has 1 aromatic carbocycles. The number of piperazine rings is 1. The number of rotatable bonds is 4. The van der Waals surface area contributed by atoms with Gasteiger partial charge in [-0.05, 0) is 24.3 Å². The zero-order valence-electron chi connectivity index (χ0n) is 15.1. The van der Waals surface area contributed by atoms with E-state index in [4.69, 9.17) is 0 Å². The Labute approximate surface area is 163 Å². The predicted molar refractivity (Wildman–Crippen MR) is 112 cm³/mol. The first-order valence-electron chi connectivity index (χ1n) is 9.00. The van der Waals surface area contributed by atoms with Gasteiger partial charge in [-0.1, -0.05) is 44.2 Å². The Balaban J connectivity index is 0.00000208. The molecule has 1 N–H and O–H groups in total. The van der Waals surface area contributed by atoms with E-state index in [2.05, 4.69) is 64.3 Å². The molecule has 4 nitrogen and oxygen atoms in total. The highest BCUT2D eigenvalue weighted by molar-refractivity contribution is 14.0. The molecule has 24 heavy (non-hydrogen) atoms. The van der Waals surface area contributed by atoms with Crippen molar-refractivity contribution in [2.75, 3.05) is 33.2 Å². The fraction of sp³-hybridized carbons (Fsp3) is 0.632. The van der Waals surface area contributed by atoms with E-state index in [0.29, 0.717) is 12.1 Å². The minimum Gasteiger partial charge on any atom is -0.353 e.